The lowest BCUT2D eigenvalue weighted by Gasteiger charge is -2.23. The number of aromatic amines is 1. The Morgan fingerprint density at radius 3 is 2.24 bits per heavy atom. The standard InChI is InChI=1S/C27H27BrF2NOSi/c1-26(2,3)20-9-12-23(13-10-20)33(22-7-5-4-6-8-22)32-18-27(29,30)16-19-17-31-25-14-11-21(28)15-24(19)25/h4-15,17,31H,16,18H2,1-3H3. The lowest BCUT2D eigenvalue weighted by Crippen LogP contribution is -2.47. The molecule has 33 heavy (non-hydrogen) atoms. The molecule has 3 aromatic carbocycles. The molecule has 0 spiro atoms. The summed E-state index contributed by atoms with van der Waals surface area (Å²) in [5, 5.41) is 2.72. The number of benzene rings is 3. The number of hydrogen-bond donors (Lipinski definition) is 1. The predicted octanol–water partition coefficient (Wildman–Crippen LogP) is 6.23. The zero-order valence-corrected chi connectivity index (χ0v) is 21.5. The Morgan fingerprint density at radius 2 is 1.58 bits per heavy atom. The van der Waals surface area contributed by atoms with Crippen molar-refractivity contribution in [3.8, 4) is 0 Å². The number of rotatable bonds is 7. The van der Waals surface area contributed by atoms with Gasteiger partial charge in [0.25, 0.3) is 15.0 Å². The average Bonchev–Trinajstić information content (AvgIpc) is 3.15. The van der Waals surface area contributed by atoms with Gasteiger partial charge in [-0.3, -0.25) is 0 Å². The van der Waals surface area contributed by atoms with Gasteiger partial charge in [0.05, 0.1) is 6.61 Å². The molecule has 0 unspecified atom stereocenters. The molecule has 0 saturated heterocycles. The number of H-pyrrole nitrogens is 1. The summed E-state index contributed by atoms with van der Waals surface area (Å²) in [5.41, 5.74) is 2.66. The molecule has 0 aliphatic rings. The van der Waals surface area contributed by atoms with Crippen molar-refractivity contribution >= 4 is 46.2 Å². The SMILES string of the molecule is CC(C)(C)c1ccc([Si](OCC(F)(F)Cc2c[nH]c3ccc(Br)cc23)c2ccccc2)cc1. The van der Waals surface area contributed by atoms with Crippen LogP contribution in [0.15, 0.2) is 83.5 Å². The van der Waals surface area contributed by atoms with Crippen molar-refractivity contribution in [1.82, 2.24) is 4.98 Å². The van der Waals surface area contributed by atoms with Crippen molar-refractivity contribution in [3.05, 3.63) is 94.6 Å². The second-order valence-corrected chi connectivity index (χ2v) is 12.4. The first kappa shape index (κ1) is 23.9. The van der Waals surface area contributed by atoms with Crippen molar-refractivity contribution in [1.29, 1.82) is 0 Å². The van der Waals surface area contributed by atoms with E-state index in [2.05, 4.69) is 53.8 Å². The Balaban J connectivity index is 1.55. The molecule has 1 N–H and O–H groups in total. The molecule has 2 nitrogen and oxygen atoms in total. The fraction of sp³-hybridized carbons (Fsp3) is 0.259. The van der Waals surface area contributed by atoms with Crippen molar-refractivity contribution < 1.29 is 13.2 Å². The number of hydrogen-bond acceptors (Lipinski definition) is 1. The molecule has 0 fully saturated rings. The Labute approximate surface area is 203 Å². The second kappa shape index (κ2) is 9.53. The van der Waals surface area contributed by atoms with Crippen LogP contribution in [-0.2, 0) is 16.3 Å². The third-order valence-corrected chi connectivity index (χ3v) is 8.30. The molecule has 4 aromatic rings. The van der Waals surface area contributed by atoms with E-state index in [1.165, 1.54) is 5.56 Å². The predicted molar refractivity (Wildman–Crippen MR) is 137 cm³/mol. The molecule has 0 aliphatic heterocycles. The fourth-order valence-electron chi connectivity index (χ4n) is 3.85. The second-order valence-electron chi connectivity index (χ2n) is 9.35. The fourth-order valence-corrected chi connectivity index (χ4v) is 6.20. The van der Waals surface area contributed by atoms with Crippen LogP contribution in [0.4, 0.5) is 8.78 Å². The molecule has 0 atom stereocenters. The third kappa shape index (κ3) is 5.80. The summed E-state index contributed by atoms with van der Waals surface area (Å²) in [7, 11) is -1.82. The van der Waals surface area contributed by atoms with Crippen LogP contribution >= 0.6 is 15.9 Å². The zero-order chi connectivity index (χ0) is 23.6. The van der Waals surface area contributed by atoms with E-state index in [1.54, 1.807) is 6.20 Å². The first-order valence-electron chi connectivity index (χ1n) is 10.9. The van der Waals surface area contributed by atoms with E-state index in [0.717, 1.165) is 25.7 Å². The maximum atomic E-state index is 15.1. The van der Waals surface area contributed by atoms with E-state index >= 15 is 8.78 Å². The Hall–Kier alpha value is -2.28. The van der Waals surface area contributed by atoms with E-state index in [4.69, 9.17) is 4.43 Å². The van der Waals surface area contributed by atoms with Gasteiger partial charge in [-0.2, -0.15) is 0 Å². The highest BCUT2D eigenvalue weighted by atomic mass is 79.9. The van der Waals surface area contributed by atoms with E-state index in [-0.39, 0.29) is 11.8 Å². The van der Waals surface area contributed by atoms with Gasteiger partial charge in [-0.25, -0.2) is 8.78 Å². The van der Waals surface area contributed by atoms with E-state index < -0.39 is 21.6 Å². The van der Waals surface area contributed by atoms with Gasteiger partial charge in [0.2, 0.25) is 0 Å². The monoisotopic (exact) mass is 526 g/mol. The Morgan fingerprint density at radius 1 is 0.909 bits per heavy atom. The largest absolute Gasteiger partial charge is 0.401 e. The molecule has 0 saturated carbocycles. The molecule has 171 valence electrons. The molecule has 6 heteroatoms. The summed E-state index contributed by atoms with van der Waals surface area (Å²) in [4.78, 5) is 3.08. The van der Waals surface area contributed by atoms with E-state index in [0.29, 0.717) is 5.56 Å². The minimum absolute atomic E-state index is 0.0282. The van der Waals surface area contributed by atoms with Crippen LogP contribution in [0.1, 0.15) is 31.9 Å². The first-order valence-corrected chi connectivity index (χ1v) is 13.1. The maximum Gasteiger partial charge on any atom is 0.283 e. The summed E-state index contributed by atoms with van der Waals surface area (Å²) in [6, 6.07) is 23.5. The van der Waals surface area contributed by atoms with Gasteiger partial charge < -0.3 is 9.41 Å². The summed E-state index contributed by atoms with van der Waals surface area (Å²) in [5.74, 6) is -2.99. The van der Waals surface area contributed by atoms with Gasteiger partial charge in [-0.1, -0.05) is 91.3 Å². The third-order valence-electron chi connectivity index (χ3n) is 5.66. The minimum Gasteiger partial charge on any atom is -0.401 e. The average molecular weight is 528 g/mol. The first-order chi connectivity index (χ1) is 15.6. The summed E-state index contributed by atoms with van der Waals surface area (Å²) >= 11 is 3.43. The van der Waals surface area contributed by atoms with Gasteiger partial charge in [-0.05, 0) is 45.1 Å². The summed E-state index contributed by atoms with van der Waals surface area (Å²) in [6.07, 6.45) is 1.29. The highest BCUT2D eigenvalue weighted by Crippen LogP contribution is 2.28. The van der Waals surface area contributed by atoms with E-state index in [1.807, 2.05) is 60.7 Å². The molecule has 0 bridgehead atoms. The topological polar surface area (TPSA) is 25.0 Å². The lowest BCUT2D eigenvalue weighted by molar-refractivity contribution is -0.0398. The lowest BCUT2D eigenvalue weighted by atomic mass is 9.87. The van der Waals surface area contributed by atoms with Gasteiger partial charge in [0.1, 0.15) is 0 Å². The molecule has 0 aliphatic carbocycles. The van der Waals surface area contributed by atoms with Crippen LogP contribution in [-0.4, -0.2) is 26.6 Å². The zero-order valence-electron chi connectivity index (χ0n) is 19.0. The van der Waals surface area contributed by atoms with Crippen LogP contribution in [0, 0.1) is 0 Å². The van der Waals surface area contributed by atoms with Crippen molar-refractivity contribution in [2.75, 3.05) is 6.61 Å². The molecule has 1 radical (unpaired) electrons. The Kier molecular flexibility index (Phi) is 6.89. The number of fused-ring (bicyclic) bond motifs is 1. The minimum atomic E-state index is -2.99. The van der Waals surface area contributed by atoms with Crippen molar-refractivity contribution in [2.24, 2.45) is 0 Å². The maximum absolute atomic E-state index is 15.1. The van der Waals surface area contributed by atoms with E-state index in [9.17, 15) is 0 Å². The van der Waals surface area contributed by atoms with Gasteiger partial charge >= 0.3 is 0 Å². The normalized spacial score (nSPS) is 12.6. The number of halogens is 3. The smallest absolute Gasteiger partial charge is 0.283 e. The summed E-state index contributed by atoms with van der Waals surface area (Å²) in [6.45, 7) is 5.85. The Bertz CT molecular complexity index is 1220. The summed E-state index contributed by atoms with van der Waals surface area (Å²) < 4.78 is 37.1. The van der Waals surface area contributed by atoms with Crippen LogP contribution < -0.4 is 10.4 Å². The molecule has 1 heterocycles. The quantitative estimate of drug-likeness (QED) is 0.284. The molecule has 4 rings (SSSR count). The van der Waals surface area contributed by atoms with Gasteiger partial charge in [-0.15, -0.1) is 0 Å². The molecular weight excluding hydrogens is 500 g/mol. The van der Waals surface area contributed by atoms with Crippen LogP contribution in [0.3, 0.4) is 0 Å². The highest BCUT2D eigenvalue weighted by Gasteiger charge is 2.33. The molecule has 0 amide bonds. The number of nitrogens with one attached hydrogen (secondary N) is 1. The van der Waals surface area contributed by atoms with Crippen molar-refractivity contribution in [3.63, 3.8) is 0 Å². The van der Waals surface area contributed by atoms with Crippen molar-refractivity contribution in [2.45, 2.75) is 38.5 Å². The van der Waals surface area contributed by atoms with Crippen LogP contribution in [0.25, 0.3) is 10.9 Å². The van der Waals surface area contributed by atoms with Gasteiger partial charge in [0, 0.05) is 28.0 Å². The highest BCUT2D eigenvalue weighted by molar-refractivity contribution is 9.10. The molecular formula is C27H27BrF2NOSi. The molecule has 1 aromatic heterocycles. The van der Waals surface area contributed by atoms with Crippen LogP contribution in [0.2, 0.25) is 0 Å². The number of alkyl halides is 2. The van der Waals surface area contributed by atoms with Gasteiger partial charge in [0.15, 0.2) is 0 Å². The number of aromatic nitrogens is 1. The van der Waals surface area contributed by atoms with Crippen LogP contribution in [0.5, 0.6) is 0 Å².